The third-order valence-corrected chi connectivity index (χ3v) is 2.37. The van der Waals surface area contributed by atoms with Crippen molar-refractivity contribution >= 4 is 18.3 Å². The normalized spacial score (nSPS) is 10.7. The summed E-state index contributed by atoms with van der Waals surface area (Å²) in [5, 5.41) is 15.8. The molecule has 1 aromatic carbocycles. The van der Waals surface area contributed by atoms with E-state index in [0.717, 1.165) is 17.5 Å². The second-order valence-electron chi connectivity index (χ2n) is 3.59. The molecule has 3 N–H and O–H groups in total. The summed E-state index contributed by atoms with van der Waals surface area (Å²) in [6.07, 6.45) is 6.01. The van der Waals surface area contributed by atoms with E-state index in [2.05, 4.69) is 9.97 Å². The van der Waals surface area contributed by atoms with Crippen molar-refractivity contribution < 1.29 is 9.90 Å². The van der Waals surface area contributed by atoms with Crippen LogP contribution in [0.3, 0.4) is 0 Å². The van der Waals surface area contributed by atoms with Crippen LogP contribution in [-0.2, 0) is 0 Å². The fourth-order valence-electron chi connectivity index (χ4n) is 1.53. The molecule has 0 amide bonds. The Bertz CT molecular complexity index is 614. The molecule has 0 bridgehead atoms. The van der Waals surface area contributed by atoms with E-state index in [9.17, 15) is 4.79 Å². The van der Waals surface area contributed by atoms with Crippen LogP contribution in [0.4, 0.5) is 0 Å². The Labute approximate surface area is 103 Å². The number of hydrogen-bond donors (Lipinski definition) is 3. The first kappa shape index (κ1) is 11.8. The number of benzene rings is 1. The number of rotatable bonds is 4. The van der Waals surface area contributed by atoms with E-state index >= 15 is 0 Å². The van der Waals surface area contributed by atoms with Gasteiger partial charge < -0.3 is 15.5 Å². The average molecular weight is 241 g/mol. The van der Waals surface area contributed by atoms with Crippen LogP contribution in [0.1, 0.15) is 16.2 Å². The van der Waals surface area contributed by atoms with Crippen molar-refractivity contribution in [2.75, 3.05) is 0 Å². The summed E-state index contributed by atoms with van der Waals surface area (Å²) in [7, 11) is 0. The van der Waals surface area contributed by atoms with E-state index in [1.165, 1.54) is 6.07 Å². The zero-order chi connectivity index (χ0) is 13.0. The third kappa shape index (κ3) is 2.52. The van der Waals surface area contributed by atoms with Gasteiger partial charge in [0, 0.05) is 11.8 Å². The zero-order valence-electron chi connectivity index (χ0n) is 9.42. The molecule has 5 nitrogen and oxygen atoms in total. The van der Waals surface area contributed by atoms with Gasteiger partial charge in [-0.2, -0.15) is 0 Å². The quantitative estimate of drug-likeness (QED) is 0.718. The smallest absolute Gasteiger partial charge is 0.335 e. The highest BCUT2D eigenvalue weighted by molar-refractivity contribution is 5.89. The number of allylic oxidation sites excluding steroid dienone is 1. The molecule has 18 heavy (non-hydrogen) atoms. The minimum Gasteiger partial charge on any atom is -0.478 e. The van der Waals surface area contributed by atoms with Crippen LogP contribution in [-0.4, -0.2) is 27.3 Å². The van der Waals surface area contributed by atoms with E-state index in [1.807, 2.05) is 6.07 Å². The molecular weight excluding hydrogens is 230 g/mol. The number of imidazole rings is 1. The number of aromatic carboxylic acids is 1. The molecule has 0 atom stereocenters. The number of nitrogens with zero attached hydrogens (tertiary/aromatic N) is 1. The fourth-order valence-corrected chi connectivity index (χ4v) is 1.53. The highest BCUT2D eigenvalue weighted by Crippen LogP contribution is 2.18. The lowest BCUT2D eigenvalue weighted by atomic mass is 10.1. The lowest BCUT2D eigenvalue weighted by Crippen LogP contribution is -1.95. The molecule has 0 radical (unpaired) electrons. The molecule has 1 aromatic heterocycles. The van der Waals surface area contributed by atoms with Crippen LogP contribution in [0.25, 0.3) is 17.3 Å². The molecule has 0 fully saturated rings. The SMILES string of the molecule is N=CC=Cc1ncc(-c2cccc(C(=O)O)c2)[nH]1. The van der Waals surface area contributed by atoms with Gasteiger partial charge in [-0.15, -0.1) is 0 Å². The average Bonchev–Trinajstić information content (AvgIpc) is 2.85. The monoisotopic (exact) mass is 241 g/mol. The molecule has 0 saturated carbocycles. The number of nitrogens with one attached hydrogen (secondary N) is 2. The zero-order valence-corrected chi connectivity index (χ0v) is 9.42. The summed E-state index contributed by atoms with van der Waals surface area (Å²) in [4.78, 5) is 18.0. The fraction of sp³-hybridized carbons (Fsp3) is 0. The molecule has 0 aliphatic heterocycles. The highest BCUT2D eigenvalue weighted by atomic mass is 16.4. The third-order valence-electron chi connectivity index (χ3n) is 2.37. The van der Waals surface area contributed by atoms with Crippen molar-refractivity contribution in [3.63, 3.8) is 0 Å². The Hall–Kier alpha value is -2.69. The maximum atomic E-state index is 10.9. The number of aromatic nitrogens is 2. The van der Waals surface area contributed by atoms with Gasteiger partial charge in [0.05, 0.1) is 17.5 Å². The van der Waals surface area contributed by atoms with E-state index in [-0.39, 0.29) is 5.56 Å². The number of carboxylic acids is 1. The molecule has 1 heterocycles. The van der Waals surface area contributed by atoms with Crippen molar-refractivity contribution in [2.24, 2.45) is 0 Å². The maximum absolute atomic E-state index is 10.9. The first-order valence-corrected chi connectivity index (χ1v) is 5.26. The van der Waals surface area contributed by atoms with Gasteiger partial charge in [-0.25, -0.2) is 9.78 Å². The molecule has 2 aromatic rings. The number of aromatic amines is 1. The van der Waals surface area contributed by atoms with Gasteiger partial charge >= 0.3 is 5.97 Å². The molecule has 0 aliphatic rings. The van der Waals surface area contributed by atoms with Crippen LogP contribution < -0.4 is 0 Å². The first-order valence-electron chi connectivity index (χ1n) is 5.26. The van der Waals surface area contributed by atoms with Gasteiger partial charge in [-0.3, -0.25) is 0 Å². The van der Waals surface area contributed by atoms with Gasteiger partial charge in [-0.05, 0) is 24.3 Å². The lowest BCUT2D eigenvalue weighted by Gasteiger charge is -1.99. The van der Waals surface area contributed by atoms with E-state index in [1.54, 1.807) is 30.5 Å². The molecule has 5 heteroatoms. The lowest BCUT2D eigenvalue weighted by molar-refractivity contribution is 0.0697. The summed E-state index contributed by atoms with van der Waals surface area (Å²) in [6.45, 7) is 0. The minimum atomic E-state index is -0.958. The summed E-state index contributed by atoms with van der Waals surface area (Å²) in [5.41, 5.74) is 1.73. The first-order chi connectivity index (χ1) is 8.70. The van der Waals surface area contributed by atoms with Crippen LogP contribution >= 0.6 is 0 Å². The maximum Gasteiger partial charge on any atom is 0.335 e. The van der Waals surface area contributed by atoms with Crippen molar-refractivity contribution in [3.8, 4) is 11.3 Å². The van der Waals surface area contributed by atoms with Crippen molar-refractivity contribution in [1.82, 2.24) is 9.97 Å². The number of carboxylic acid groups (broad SMARTS) is 1. The summed E-state index contributed by atoms with van der Waals surface area (Å²) >= 11 is 0. The van der Waals surface area contributed by atoms with Crippen LogP contribution in [0.15, 0.2) is 36.5 Å². The van der Waals surface area contributed by atoms with Crippen molar-refractivity contribution in [3.05, 3.63) is 47.9 Å². The Morgan fingerprint density at radius 3 is 3.00 bits per heavy atom. The molecule has 0 unspecified atom stereocenters. The molecule has 2 rings (SSSR count). The van der Waals surface area contributed by atoms with Crippen molar-refractivity contribution in [2.45, 2.75) is 0 Å². The number of hydrogen-bond acceptors (Lipinski definition) is 3. The van der Waals surface area contributed by atoms with Gasteiger partial charge in [-0.1, -0.05) is 12.1 Å². The van der Waals surface area contributed by atoms with E-state index < -0.39 is 5.97 Å². The Kier molecular flexibility index (Phi) is 3.33. The standard InChI is InChI=1S/C13H11N3O2/c14-6-2-5-12-15-8-11(16-12)9-3-1-4-10(7-9)13(17)18/h1-8,14H,(H,15,16)(H,17,18). The van der Waals surface area contributed by atoms with Crippen LogP contribution in [0.5, 0.6) is 0 Å². The Morgan fingerprint density at radius 2 is 2.28 bits per heavy atom. The van der Waals surface area contributed by atoms with Gasteiger partial charge in [0.15, 0.2) is 0 Å². The summed E-state index contributed by atoms with van der Waals surface area (Å²) in [6, 6.07) is 6.62. The van der Waals surface area contributed by atoms with E-state index in [4.69, 9.17) is 10.5 Å². The molecule has 0 saturated heterocycles. The van der Waals surface area contributed by atoms with E-state index in [0.29, 0.717) is 5.82 Å². The number of carbonyl (C=O) groups is 1. The van der Waals surface area contributed by atoms with Crippen LogP contribution in [0, 0.1) is 5.41 Å². The van der Waals surface area contributed by atoms with Gasteiger partial charge in [0.25, 0.3) is 0 Å². The molecular formula is C13H11N3O2. The Balaban J connectivity index is 2.33. The Morgan fingerprint density at radius 1 is 1.44 bits per heavy atom. The molecule has 0 aliphatic carbocycles. The van der Waals surface area contributed by atoms with Crippen LogP contribution in [0.2, 0.25) is 0 Å². The summed E-state index contributed by atoms with van der Waals surface area (Å²) < 4.78 is 0. The van der Waals surface area contributed by atoms with Gasteiger partial charge in [0.2, 0.25) is 0 Å². The largest absolute Gasteiger partial charge is 0.478 e. The summed E-state index contributed by atoms with van der Waals surface area (Å²) in [5.74, 6) is -0.338. The topological polar surface area (TPSA) is 89.8 Å². The second kappa shape index (κ2) is 5.09. The predicted octanol–water partition coefficient (Wildman–Crippen LogP) is 2.44. The molecule has 0 spiro atoms. The second-order valence-corrected chi connectivity index (χ2v) is 3.59. The highest BCUT2D eigenvalue weighted by Gasteiger charge is 2.06. The molecule has 90 valence electrons. The number of H-pyrrole nitrogens is 1. The van der Waals surface area contributed by atoms with Gasteiger partial charge in [0.1, 0.15) is 5.82 Å². The van der Waals surface area contributed by atoms with Crippen molar-refractivity contribution in [1.29, 1.82) is 5.41 Å². The minimum absolute atomic E-state index is 0.235. The predicted molar refractivity (Wildman–Crippen MR) is 68.8 cm³/mol.